The molecule has 2 rings (SSSR count). The summed E-state index contributed by atoms with van der Waals surface area (Å²) in [4.78, 5) is 25.0. The van der Waals surface area contributed by atoms with Crippen LogP contribution < -0.4 is 0 Å². The summed E-state index contributed by atoms with van der Waals surface area (Å²) in [5, 5.41) is 9.39. The number of benzene rings is 1. The molecule has 1 N–H and O–H groups in total. The van der Waals surface area contributed by atoms with Crippen molar-refractivity contribution >= 4 is 12.1 Å². The second-order valence-corrected chi connectivity index (χ2v) is 5.33. The molecule has 1 heterocycles. The number of carboxylic acid groups (broad SMARTS) is 1. The number of carboxylic acids is 1. The van der Waals surface area contributed by atoms with Gasteiger partial charge in [0, 0.05) is 6.54 Å². The van der Waals surface area contributed by atoms with Gasteiger partial charge in [-0.2, -0.15) is 0 Å². The van der Waals surface area contributed by atoms with Crippen LogP contribution in [0.5, 0.6) is 0 Å². The summed E-state index contributed by atoms with van der Waals surface area (Å²) in [6, 6.07) is 8.60. The van der Waals surface area contributed by atoms with Gasteiger partial charge in [0.15, 0.2) is 0 Å². The van der Waals surface area contributed by atoms with Gasteiger partial charge in [0.25, 0.3) is 0 Å². The molecule has 114 valence electrons. The van der Waals surface area contributed by atoms with Crippen molar-refractivity contribution in [1.29, 1.82) is 0 Å². The molecule has 1 aliphatic heterocycles. The van der Waals surface area contributed by atoms with Gasteiger partial charge in [0.1, 0.15) is 12.6 Å². The van der Waals surface area contributed by atoms with E-state index in [1.807, 2.05) is 37.3 Å². The van der Waals surface area contributed by atoms with Crippen LogP contribution >= 0.6 is 0 Å². The van der Waals surface area contributed by atoms with E-state index in [9.17, 15) is 14.7 Å². The number of hydrogen-bond donors (Lipinski definition) is 1. The van der Waals surface area contributed by atoms with E-state index in [0.717, 1.165) is 24.8 Å². The predicted octanol–water partition coefficient (Wildman–Crippen LogP) is 2.90. The quantitative estimate of drug-likeness (QED) is 0.926. The minimum Gasteiger partial charge on any atom is -0.480 e. The van der Waals surface area contributed by atoms with Gasteiger partial charge >= 0.3 is 12.1 Å². The number of rotatable bonds is 4. The van der Waals surface area contributed by atoms with Gasteiger partial charge in [-0.15, -0.1) is 0 Å². The third-order valence-corrected chi connectivity index (χ3v) is 3.97. The molecule has 1 aromatic rings. The third-order valence-electron chi connectivity index (χ3n) is 3.97. The largest absolute Gasteiger partial charge is 0.480 e. The highest BCUT2D eigenvalue weighted by atomic mass is 16.6. The highest BCUT2D eigenvalue weighted by molar-refractivity contribution is 5.80. The molecule has 2 atom stereocenters. The smallest absolute Gasteiger partial charge is 0.410 e. The Morgan fingerprint density at radius 2 is 2.05 bits per heavy atom. The maximum Gasteiger partial charge on any atom is 0.410 e. The van der Waals surface area contributed by atoms with Gasteiger partial charge < -0.3 is 9.84 Å². The second-order valence-electron chi connectivity index (χ2n) is 5.33. The third kappa shape index (κ3) is 3.74. The second kappa shape index (κ2) is 7.11. The molecule has 1 amide bonds. The van der Waals surface area contributed by atoms with Crippen molar-refractivity contribution in [3.05, 3.63) is 35.9 Å². The van der Waals surface area contributed by atoms with Crippen LogP contribution in [0.25, 0.3) is 0 Å². The van der Waals surface area contributed by atoms with Crippen molar-refractivity contribution in [2.45, 2.75) is 38.8 Å². The summed E-state index contributed by atoms with van der Waals surface area (Å²) in [6.07, 6.45) is 1.88. The molecule has 1 aromatic carbocycles. The number of nitrogens with zero attached hydrogens (tertiary/aromatic N) is 1. The lowest BCUT2D eigenvalue weighted by atomic mass is 9.87. The standard InChI is InChI=1S/C16H21NO4/c1-2-13-9-6-10-17(14(13)15(18)19)16(20)21-11-12-7-4-3-5-8-12/h3-5,7-8,13-14H,2,6,9-11H2,1H3,(H,18,19)/t13-,14+/m1/s1. The highest BCUT2D eigenvalue weighted by Gasteiger charge is 2.39. The summed E-state index contributed by atoms with van der Waals surface area (Å²) in [6.45, 7) is 2.57. The van der Waals surface area contributed by atoms with Crippen LogP contribution in [0.15, 0.2) is 30.3 Å². The number of hydrogen-bond acceptors (Lipinski definition) is 3. The predicted molar refractivity (Wildman–Crippen MR) is 77.8 cm³/mol. The van der Waals surface area contributed by atoms with Gasteiger partial charge in [-0.3, -0.25) is 4.90 Å². The number of carbonyl (C=O) groups is 2. The van der Waals surface area contributed by atoms with Gasteiger partial charge in [-0.25, -0.2) is 9.59 Å². The Bertz CT molecular complexity index is 488. The van der Waals surface area contributed by atoms with Crippen LogP contribution in [-0.2, 0) is 16.1 Å². The molecule has 5 heteroatoms. The molecule has 1 fully saturated rings. The Labute approximate surface area is 124 Å². The van der Waals surface area contributed by atoms with Crippen LogP contribution in [0.3, 0.4) is 0 Å². The molecule has 0 saturated carbocycles. The Morgan fingerprint density at radius 3 is 2.67 bits per heavy atom. The van der Waals surface area contributed by atoms with Crippen LogP contribution in [0.1, 0.15) is 31.7 Å². The first kappa shape index (κ1) is 15.4. The number of likely N-dealkylation sites (tertiary alicyclic amines) is 1. The number of amides is 1. The molecule has 5 nitrogen and oxygen atoms in total. The summed E-state index contributed by atoms with van der Waals surface area (Å²) >= 11 is 0. The van der Waals surface area contributed by atoms with Crippen molar-refractivity contribution in [3.63, 3.8) is 0 Å². The SMILES string of the molecule is CC[C@@H]1CCCN(C(=O)OCc2ccccc2)[C@@H]1C(=O)O. The molecule has 0 aliphatic carbocycles. The monoisotopic (exact) mass is 291 g/mol. The van der Waals surface area contributed by atoms with E-state index in [-0.39, 0.29) is 12.5 Å². The summed E-state index contributed by atoms with van der Waals surface area (Å²) in [7, 11) is 0. The van der Waals surface area contributed by atoms with E-state index in [4.69, 9.17) is 4.74 Å². The molecule has 0 aromatic heterocycles. The Balaban J connectivity index is 2.00. The first-order valence-electron chi connectivity index (χ1n) is 7.33. The molecule has 0 unspecified atom stereocenters. The van der Waals surface area contributed by atoms with Crippen LogP contribution in [0.4, 0.5) is 4.79 Å². The summed E-state index contributed by atoms with van der Waals surface area (Å²) in [5.41, 5.74) is 0.891. The maximum absolute atomic E-state index is 12.2. The fraction of sp³-hybridized carbons (Fsp3) is 0.500. The van der Waals surface area contributed by atoms with Crippen molar-refractivity contribution in [2.75, 3.05) is 6.54 Å². The number of carbonyl (C=O) groups excluding carboxylic acids is 1. The fourth-order valence-electron chi connectivity index (χ4n) is 2.84. The number of ether oxygens (including phenoxy) is 1. The van der Waals surface area contributed by atoms with E-state index in [1.54, 1.807) is 0 Å². The summed E-state index contributed by atoms with van der Waals surface area (Å²) < 4.78 is 5.26. The van der Waals surface area contributed by atoms with Crippen molar-refractivity contribution < 1.29 is 19.4 Å². The van der Waals surface area contributed by atoms with Crippen LogP contribution in [-0.4, -0.2) is 34.7 Å². The van der Waals surface area contributed by atoms with E-state index in [0.29, 0.717) is 6.54 Å². The lowest BCUT2D eigenvalue weighted by molar-refractivity contribution is -0.146. The minimum atomic E-state index is -0.946. The molecule has 1 aliphatic rings. The molecular weight excluding hydrogens is 270 g/mol. The first-order chi connectivity index (χ1) is 10.1. The van der Waals surface area contributed by atoms with E-state index in [1.165, 1.54) is 4.90 Å². The molecule has 1 saturated heterocycles. The Hall–Kier alpha value is -2.04. The average Bonchev–Trinajstić information content (AvgIpc) is 2.52. The normalized spacial score (nSPS) is 21.9. The van der Waals surface area contributed by atoms with Gasteiger partial charge in [0.05, 0.1) is 0 Å². The van der Waals surface area contributed by atoms with Gasteiger partial charge in [-0.1, -0.05) is 43.7 Å². The van der Waals surface area contributed by atoms with Crippen molar-refractivity contribution in [2.24, 2.45) is 5.92 Å². The topological polar surface area (TPSA) is 66.8 Å². The average molecular weight is 291 g/mol. The van der Waals surface area contributed by atoms with Crippen LogP contribution in [0, 0.1) is 5.92 Å². The maximum atomic E-state index is 12.2. The molecule has 0 bridgehead atoms. The fourth-order valence-corrected chi connectivity index (χ4v) is 2.84. The lowest BCUT2D eigenvalue weighted by Gasteiger charge is -2.37. The molecular formula is C16H21NO4. The van der Waals surface area contributed by atoms with E-state index < -0.39 is 18.1 Å². The first-order valence-corrected chi connectivity index (χ1v) is 7.33. The zero-order valence-electron chi connectivity index (χ0n) is 12.2. The lowest BCUT2D eigenvalue weighted by Crippen LogP contribution is -2.52. The van der Waals surface area contributed by atoms with Gasteiger partial charge in [0.2, 0.25) is 0 Å². The number of aliphatic carboxylic acids is 1. The zero-order valence-corrected chi connectivity index (χ0v) is 12.2. The van der Waals surface area contributed by atoms with Crippen molar-refractivity contribution in [3.8, 4) is 0 Å². The highest BCUT2D eigenvalue weighted by Crippen LogP contribution is 2.27. The molecule has 0 radical (unpaired) electrons. The van der Waals surface area contributed by atoms with Gasteiger partial charge in [-0.05, 0) is 24.3 Å². The molecule has 21 heavy (non-hydrogen) atoms. The zero-order chi connectivity index (χ0) is 15.2. The Kier molecular flexibility index (Phi) is 5.20. The minimum absolute atomic E-state index is 0.000486. The molecule has 0 spiro atoms. The van der Waals surface area contributed by atoms with Crippen molar-refractivity contribution in [1.82, 2.24) is 4.90 Å². The van der Waals surface area contributed by atoms with E-state index in [2.05, 4.69) is 0 Å². The number of piperidine rings is 1. The van der Waals surface area contributed by atoms with E-state index >= 15 is 0 Å². The summed E-state index contributed by atoms with van der Waals surface area (Å²) in [5.74, 6) is -0.946. The Morgan fingerprint density at radius 1 is 1.33 bits per heavy atom. The van der Waals surface area contributed by atoms with Crippen LogP contribution in [0.2, 0.25) is 0 Å².